The van der Waals surface area contributed by atoms with Gasteiger partial charge in [0, 0.05) is 26.1 Å². The van der Waals surface area contributed by atoms with Crippen LogP contribution in [0.5, 0.6) is 0 Å². The number of carbonyl (C=O) groups is 3. The molecule has 2 heterocycles. The Bertz CT molecular complexity index is 646. The molecule has 0 spiro atoms. The van der Waals surface area contributed by atoms with Crippen LogP contribution < -0.4 is 0 Å². The third-order valence-corrected chi connectivity index (χ3v) is 5.11. The second-order valence-corrected chi connectivity index (χ2v) is 6.64. The van der Waals surface area contributed by atoms with Crippen molar-refractivity contribution in [2.45, 2.75) is 25.8 Å². The first-order valence-electron chi connectivity index (χ1n) is 8.33. The van der Waals surface area contributed by atoms with Gasteiger partial charge in [0.05, 0.1) is 17.9 Å². The number of nitrogens with zero attached hydrogens (tertiary/aromatic N) is 2. The predicted octanol–water partition coefficient (Wildman–Crippen LogP) is 1.53. The maximum atomic E-state index is 12.6. The SMILES string of the molecule is CC(c1ccccc1)N1CC(C(=O)N2CCC(C(=O)O)C2)CC1=O. The molecule has 0 bridgehead atoms. The van der Waals surface area contributed by atoms with Crippen LogP contribution in [-0.2, 0) is 14.4 Å². The zero-order chi connectivity index (χ0) is 17.3. The van der Waals surface area contributed by atoms with Gasteiger partial charge < -0.3 is 14.9 Å². The molecule has 0 aromatic heterocycles. The van der Waals surface area contributed by atoms with Crippen LogP contribution in [-0.4, -0.2) is 52.3 Å². The Hall–Kier alpha value is -2.37. The molecule has 2 aliphatic rings. The molecular weight excluding hydrogens is 308 g/mol. The molecule has 0 saturated carbocycles. The summed E-state index contributed by atoms with van der Waals surface area (Å²) in [4.78, 5) is 39.4. The fourth-order valence-corrected chi connectivity index (χ4v) is 3.60. The van der Waals surface area contributed by atoms with Gasteiger partial charge >= 0.3 is 5.97 Å². The summed E-state index contributed by atoms with van der Waals surface area (Å²) in [7, 11) is 0. The Labute approximate surface area is 141 Å². The van der Waals surface area contributed by atoms with Crippen molar-refractivity contribution in [1.82, 2.24) is 9.80 Å². The van der Waals surface area contributed by atoms with Crippen LogP contribution >= 0.6 is 0 Å². The largest absolute Gasteiger partial charge is 0.481 e. The van der Waals surface area contributed by atoms with Gasteiger partial charge in [-0.3, -0.25) is 14.4 Å². The highest BCUT2D eigenvalue weighted by atomic mass is 16.4. The summed E-state index contributed by atoms with van der Waals surface area (Å²) < 4.78 is 0. The van der Waals surface area contributed by atoms with Gasteiger partial charge in [-0.25, -0.2) is 0 Å². The highest BCUT2D eigenvalue weighted by Crippen LogP contribution is 2.30. The number of hydrogen-bond donors (Lipinski definition) is 1. The Morgan fingerprint density at radius 3 is 2.50 bits per heavy atom. The minimum absolute atomic E-state index is 0.0151. The van der Waals surface area contributed by atoms with Crippen LogP contribution in [0.2, 0.25) is 0 Å². The summed E-state index contributed by atoms with van der Waals surface area (Å²) in [5, 5.41) is 9.06. The molecule has 6 heteroatoms. The maximum absolute atomic E-state index is 12.6. The lowest BCUT2D eigenvalue weighted by atomic mass is 10.1. The summed E-state index contributed by atoms with van der Waals surface area (Å²) in [6, 6.07) is 9.69. The lowest BCUT2D eigenvalue weighted by molar-refractivity contribution is -0.141. The summed E-state index contributed by atoms with van der Waals surface area (Å²) in [5.41, 5.74) is 1.05. The monoisotopic (exact) mass is 330 g/mol. The summed E-state index contributed by atoms with van der Waals surface area (Å²) in [6.45, 7) is 3.10. The van der Waals surface area contributed by atoms with Crippen molar-refractivity contribution in [1.29, 1.82) is 0 Å². The summed E-state index contributed by atoms with van der Waals surface area (Å²) in [6.07, 6.45) is 0.704. The van der Waals surface area contributed by atoms with Gasteiger partial charge in [0.2, 0.25) is 11.8 Å². The van der Waals surface area contributed by atoms with Gasteiger partial charge in [-0.15, -0.1) is 0 Å². The molecular formula is C18H22N2O4. The van der Waals surface area contributed by atoms with Crippen molar-refractivity contribution in [2.24, 2.45) is 11.8 Å². The highest BCUT2D eigenvalue weighted by molar-refractivity contribution is 5.90. The molecule has 2 aliphatic heterocycles. The minimum atomic E-state index is -0.855. The van der Waals surface area contributed by atoms with E-state index in [4.69, 9.17) is 5.11 Å². The Balaban J connectivity index is 1.64. The first-order chi connectivity index (χ1) is 11.5. The van der Waals surface area contributed by atoms with Gasteiger partial charge in [-0.05, 0) is 18.9 Å². The smallest absolute Gasteiger partial charge is 0.308 e. The zero-order valence-corrected chi connectivity index (χ0v) is 13.7. The Morgan fingerprint density at radius 1 is 1.17 bits per heavy atom. The van der Waals surface area contributed by atoms with Crippen LogP contribution in [0.15, 0.2) is 30.3 Å². The van der Waals surface area contributed by atoms with Crippen LogP contribution in [0.25, 0.3) is 0 Å². The topological polar surface area (TPSA) is 77.9 Å². The zero-order valence-electron chi connectivity index (χ0n) is 13.7. The molecule has 3 atom stereocenters. The molecule has 1 aromatic rings. The normalized spacial score (nSPS) is 25.1. The predicted molar refractivity (Wildman–Crippen MR) is 87.0 cm³/mol. The van der Waals surface area contributed by atoms with E-state index in [0.29, 0.717) is 19.5 Å². The van der Waals surface area contributed by atoms with E-state index in [1.807, 2.05) is 37.3 Å². The number of carboxylic acids is 1. The number of benzene rings is 1. The first kappa shape index (κ1) is 16.5. The van der Waals surface area contributed by atoms with Crippen molar-refractivity contribution in [2.75, 3.05) is 19.6 Å². The van der Waals surface area contributed by atoms with Crippen LogP contribution in [0.4, 0.5) is 0 Å². The van der Waals surface area contributed by atoms with Gasteiger partial charge in [-0.1, -0.05) is 30.3 Å². The average molecular weight is 330 g/mol. The Morgan fingerprint density at radius 2 is 1.88 bits per heavy atom. The van der Waals surface area contributed by atoms with Crippen LogP contribution in [0, 0.1) is 11.8 Å². The summed E-state index contributed by atoms with van der Waals surface area (Å²) in [5.74, 6) is -1.80. The minimum Gasteiger partial charge on any atom is -0.481 e. The van der Waals surface area contributed by atoms with Gasteiger partial charge in [0.15, 0.2) is 0 Å². The van der Waals surface area contributed by atoms with Crippen LogP contribution in [0.3, 0.4) is 0 Å². The van der Waals surface area contributed by atoms with Gasteiger partial charge in [-0.2, -0.15) is 0 Å². The lowest BCUT2D eigenvalue weighted by Gasteiger charge is -2.26. The maximum Gasteiger partial charge on any atom is 0.308 e. The molecule has 24 heavy (non-hydrogen) atoms. The number of carboxylic acid groups (broad SMARTS) is 1. The van der Waals surface area contributed by atoms with Crippen LogP contribution in [0.1, 0.15) is 31.4 Å². The first-order valence-corrected chi connectivity index (χ1v) is 8.33. The van der Waals surface area contributed by atoms with E-state index >= 15 is 0 Å². The standard InChI is InChI=1S/C18H22N2O4/c1-12(13-5-3-2-4-6-13)20-11-15(9-16(20)21)17(22)19-8-7-14(10-19)18(23)24/h2-6,12,14-15H,7-11H2,1H3,(H,23,24). The quantitative estimate of drug-likeness (QED) is 0.908. The number of likely N-dealkylation sites (tertiary alicyclic amines) is 2. The molecule has 0 aliphatic carbocycles. The fourth-order valence-electron chi connectivity index (χ4n) is 3.60. The van der Waals surface area contributed by atoms with E-state index < -0.39 is 11.9 Å². The second-order valence-electron chi connectivity index (χ2n) is 6.64. The van der Waals surface area contributed by atoms with E-state index in [9.17, 15) is 14.4 Å². The molecule has 6 nitrogen and oxygen atoms in total. The number of amides is 2. The van der Waals surface area contributed by atoms with E-state index in [1.54, 1.807) is 9.80 Å². The number of carbonyl (C=O) groups excluding carboxylic acids is 2. The molecule has 128 valence electrons. The van der Waals surface area contributed by atoms with Crippen molar-refractivity contribution in [3.05, 3.63) is 35.9 Å². The molecule has 3 rings (SSSR count). The van der Waals surface area contributed by atoms with Crippen molar-refractivity contribution < 1.29 is 19.5 Å². The summed E-state index contributed by atoms with van der Waals surface area (Å²) >= 11 is 0. The molecule has 1 aromatic carbocycles. The average Bonchev–Trinajstić information content (AvgIpc) is 3.21. The molecule has 0 radical (unpaired) electrons. The van der Waals surface area contributed by atoms with E-state index in [2.05, 4.69) is 0 Å². The molecule has 1 N–H and O–H groups in total. The van der Waals surface area contributed by atoms with E-state index in [0.717, 1.165) is 5.56 Å². The van der Waals surface area contributed by atoms with Crippen molar-refractivity contribution in [3.63, 3.8) is 0 Å². The van der Waals surface area contributed by atoms with Gasteiger partial charge in [0.1, 0.15) is 0 Å². The molecule has 2 fully saturated rings. The van der Waals surface area contributed by atoms with Crippen molar-refractivity contribution in [3.8, 4) is 0 Å². The third kappa shape index (κ3) is 3.13. The molecule has 3 unspecified atom stereocenters. The molecule has 2 amide bonds. The highest BCUT2D eigenvalue weighted by Gasteiger charge is 2.41. The van der Waals surface area contributed by atoms with E-state index in [1.165, 1.54) is 0 Å². The third-order valence-electron chi connectivity index (χ3n) is 5.11. The number of hydrogen-bond acceptors (Lipinski definition) is 3. The van der Waals surface area contributed by atoms with Crippen molar-refractivity contribution >= 4 is 17.8 Å². The van der Waals surface area contributed by atoms with Gasteiger partial charge in [0.25, 0.3) is 0 Å². The van der Waals surface area contributed by atoms with E-state index in [-0.39, 0.29) is 36.7 Å². The number of rotatable bonds is 4. The Kier molecular flexibility index (Phi) is 4.55. The fraction of sp³-hybridized carbons (Fsp3) is 0.500. The number of aliphatic carboxylic acids is 1. The second kappa shape index (κ2) is 6.63. The molecule has 2 saturated heterocycles. The lowest BCUT2D eigenvalue weighted by Crippen LogP contribution is -2.36.